The molecule has 5 heteroatoms. The van der Waals surface area contributed by atoms with Gasteiger partial charge in [-0.25, -0.2) is 4.98 Å². The number of hydrogen-bond donors (Lipinski definition) is 2. The van der Waals surface area contributed by atoms with Crippen LogP contribution in [0.1, 0.15) is 26.5 Å². The summed E-state index contributed by atoms with van der Waals surface area (Å²) in [5.41, 5.74) is 3.13. The van der Waals surface area contributed by atoms with Crippen molar-refractivity contribution in [3.05, 3.63) is 82.4 Å². The van der Waals surface area contributed by atoms with Crippen LogP contribution in [-0.4, -0.2) is 17.4 Å². The number of nitrogens with one attached hydrogen (secondary N) is 2. The van der Waals surface area contributed by atoms with Crippen molar-refractivity contribution < 1.29 is 4.79 Å². The Morgan fingerprint density at radius 2 is 1.64 bits per heavy atom. The first-order valence-corrected chi connectivity index (χ1v) is 9.11. The largest absolute Gasteiger partial charge is 0.361 e. The summed E-state index contributed by atoms with van der Waals surface area (Å²) < 4.78 is 0. The summed E-state index contributed by atoms with van der Waals surface area (Å²) in [7, 11) is 0. The standard InChI is InChI=1S/C20H21N3OS/c1-15-18(19(24)22-14-17-10-6-3-7-11-17)25-20(23-15)21-13-12-16-8-4-2-5-9-16/h2-11H,12-14H2,1H3,(H,21,23)(H,22,24). The third-order valence-corrected chi connectivity index (χ3v) is 4.95. The van der Waals surface area contributed by atoms with E-state index in [1.165, 1.54) is 16.9 Å². The van der Waals surface area contributed by atoms with E-state index >= 15 is 0 Å². The van der Waals surface area contributed by atoms with Gasteiger partial charge in [-0.2, -0.15) is 0 Å². The van der Waals surface area contributed by atoms with Crippen LogP contribution in [0.2, 0.25) is 0 Å². The molecule has 0 radical (unpaired) electrons. The van der Waals surface area contributed by atoms with Crippen molar-refractivity contribution in [1.29, 1.82) is 0 Å². The molecule has 0 saturated carbocycles. The van der Waals surface area contributed by atoms with E-state index in [-0.39, 0.29) is 5.91 Å². The molecule has 0 aliphatic rings. The van der Waals surface area contributed by atoms with E-state index in [9.17, 15) is 4.79 Å². The monoisotopic (exact) mass is 351 g/mol. The molecule has 0 saturated heterocycles. The molecule has 1 aromatic heterocycles. The summed E-state index contributed by atoms with van der Waals surface area (Å²) in [6.07, 6.45) is 0.926. The van der Waals surface area contributed by atoms with E-state index in [2.05, 4.69) is 27.8 Å². The fourth-order valence-corrected chi connectivity index (χ4v) is 3.41. The molecule has 1 amide bonds. The lowest BCUT2D eigenvalue weighted by molar-refractivity contribution is 0.0954. The van der Waals surface area contributed by atoms with Crippen LogP contribution < -0.4 is 10.6 Å². The van der Waals surface area contributed by atoms with Crippen molar-refractivity contribution in [3.63, 3.8) is 0 Å². The molecule has 0 bridgehead atoms. The lowest BCUT2D eigenvalue weighted by Crippen LogP contribution is -2.22. The van der Waals surface area contributed by atoms with Gasteiger partial charge in [-0.05, 0) is 24.5 Å². The highest BCUT2D eigenvalue weighted by molar-refractivity contribution is 7.17. The number of amides is 1. The van der Waals surface area contributed by atoms with Crippen molar-refractivity contribution in [2.45, 2.75) is 19.9 Å². The van der Waals surface area contributed by atoms with E-state index < -0.39 is 0 Å². The summed E-state index contributed by atoms with van der Waals surface area (Å²) in [5.74, 6) is -0.0741. The zero-order chi connectivity index (χ0) is 17.5. The number of carbonyl (C=O) groups excluding carboxylic acids is 1. The quantitative estimate of drug-likeness (QED) is 0.675. The number of carbonyl (C=O) groups is 1. The Morgan fingerprint density at radius 3 is 2.32 bits per heavy atom. The molecule has 0 unspecified atom stereocenters. The van der Waals surface area contributed by atoms with Crippen molar-refractivity contribution >= 4 is 22.4 Å². The second-order valence-electron chi connectivity index (χ2n) is 5.76. The van der Waals surface area contributed by atoms with Crippen LogP contribution in [0.5, 0.6) is 0 Å². The average Bonchev–Trinajstić information content (AvgIpc) is 3.02. The van der Waals surface area contributed by atoms with E-state index in [1.807, 2.05) is 55.5 Å². The molecule has 4 nitrogen and oxygen atoms in total. The van der Waals surface area contributed by atoms with Crippen LogP contribution in [0.4, 0.5) is 5.13 Å². The maximum atomic E-state index is 12.4. The average molecular weight is 351 g/mol. The van der Waals surface area contributed by atoms with Gasteiger partial charge in [0.25, 0.3) is 5.91 Å². The maximum Gasteiger partial charge on any atom is 0.263 e. The van der Waals surface area contributed by atoms with Crippen LogP contribution in [0, 0.1) is 6.92 Å². The first-order chi connectivity index (χ1) is 12.2. The highest BCUT2D eigenvalue weighted by atomic mass is 32.1. The van der Waals surface area contributed by atoms with Gasteiger partial charge in [-0.3, -0.25) is 4.79 Å². The molecule has 0 aliphatic heterocycles. The smallest absolute Gasteiger partial charge is 0.263 e. The predicted molar refractivity (Wildman–Crippen MR) is 103 cm³/mol. The van der Waals surface area contributed by atoms with Gasteiger partial charge in [0.15, 0.2) is 5.13 Å². The van der Waals surface area contributed by atoms with Gasteiger partial charge >= 0.3 is 0 Å². The number of hydrogen-bond acceptors (Lipinski definition) is 4. The Morgan fingerprint density at radius 1 is 1.00 bits per heavy atom. The molecule has 0 atom stereocenters. The number of benzene rings is 2. The molecular weight excluding hydrogens is 330 g/mol. The highest BCUT2D eigenvalue weighted by Gasteiger charge is 2.14. The van der Waals surface area contributed by atoms with Gasteiger partial charge in [0.05, 0.1) is 5.69 Å². The zero-order valence-electron chi connectivity index (χ0n) is 14.2. The maximum absolute atomic E-state index is 12.4. The van der Waals surface area contributed by atoms with E-state index in [0.717, 1.165) is 29.4 Å². The minimum Gasteiger partial charge on any atom is -0.361 e. The van der Waals surface area contributed by atoms with Crippen molar-refractivity contribution in [3.8, 4) is 0 Å². The Hall–Kier alpha value is -2.66. The number of nitrogens with zero attached hydrogens (tertiary/aromatic N) is 1. The highest BCUT2D eigenvalue weighted by Crippen LogP contribution is 2.22. The molecule has 3 aromatic rings. The van der Waals surface area contributed by atoms with Crippen molar-refractivity contribution in [1.82, 2.24) is 10.3 Å². The first kappa shape index (κ1) is 17.2. The number of aromatic nitrogens is 1. The van der Waals surface area contributed by atoms with Crippen LogP contribution in [-0.2, 0) is 13.0 Å². The Kier molecular flexibility index (Phi) is 5.80. The van der Waals surface area contributed by atoms with Crippen LogP contribution in [0.15, 0.2) is 60.7 Å². The van der Waals surface area contributed by atoms with Crippen LogP contribution in [0.3, 0.4) is 0 Å². The Labute approximate surface area is 151 Å². The van der Waals surface area contributed by atoms with Gasteiger partial charge < -0.3 is 10.6 Å². The van der Waals surface area contributed by atoms with Gasteiger partial charge in [0.2, 0.25) is 0 Å². The number of thiazole rings is 1. The fourth-order valence-electron chi connectivity index (χ4n) is 2.50. The second kappa shape index (κ2) is 8.44. The predicted octanol–water partition coefficient (Wildman–Crippen LogP) is 4.04. The molecule has 2 aromatic carbocycles. The number of anilines is 1. The first-order valence-electron chi connectivity index (χ1n) is 8.30. The SMILES string of the molecule is Cc1nc(NCCc2ccccc2)sc1C(=O)NCc1ccccc1. The van der Waals surface area contributed by atoms with E-state index in [0.29, 0.717) is 11.4 Å². The minimum absolute atomic E-state index is 0.0741. The molecule has 0 spiro atoms. The molecule has 0 fully saturated rings. The molecule has 2 N–H and O–H groups in total. The summed E-state index contributed by atoms with van der Waals surface area (Å²) in [4.78, 5) is 17.5. The molecule has 0 aliphatic carbocycles. The molecule has 3 rings (SSSR count). The second-order valence-corrected chi connectivity index (χ2v) is 6.76. The fraction of sp³-hybridized carbons (Fsp3) is 0.200. The molecule has 128 valence electrons. The van der Waals surface area contributed by atoms with Crippen molar-refractivity contribution in [2.24, 2.45) is 0 Å². The third-order valence-electron chi connectivity index (χ3n) is 3.83. The van der Waals surface area contributed by atoms with Crippen LogP contribution >= 0.6 is 11.3 Å². The van der Waals surface area contributed by atoms with Gasteiger partial charge in [-0.15, -0.1) is 0 Å². The minimum atomic E-state index is -0.0741. The molecule has 25 heavy (non-hydrogen) atoms. The van der Waals surface area contributed by atoms with Gasteiger partial charge in [0.1, 0.15) is 4.88 Å². The number of rotatable bonds is 7. The Balaban J connectivity index is 1.53. The van der Waals surface area contributed by atoms with E-state index in [1.54, 1.807) is 0 Å². The number of aryl methyl sites for hydroxylation is 1. The lowest BCUT2D eigenvalue weighted by Gasteiger charge is -2.04. The summed E-state index contributed by atoms with van der Waals surface area (Å²) in [5, 5.41) is 7.06. The zero-order valence-corrected chi connectivity index (χ0v) is 15.0. The summed E-state index contributed by atoms with van der Waals surface area (Å²) in [6.45, 7) is 3.19. The summed E-state index contributed by atoms with van der Waals surface area (Å²) in [6, 6.07) is 20.2. The molecular formula is C20H21N3OS. The van der Waals surface area contributed by atoms with Crippen LogP contribution in [0.25, 0.3) is 0 Å². The normalized spacial score (nSPS) is 10.4. The topological polar surface area (TPSA) is 54.0 Å². The molecule has 1 heterocycles. The van der Waals surface area contributed by atoms with Gasteiger partial charge in [0, 0.05) is 13.1 Å². The van der Waals surface area contributed by atoms with Gasteiger partial charge in [-0.1, -0.05) is 72.0 Å². The van der Waals surface area contributed by atoms with E-state index in [4.69, 9.17) is 0 Å². The lowest BCUT2D eigenvalue weighted by atomic mass is 10.2. The van der Waals surface area contributed by atoms with Crippen molar-refractivity contribution in [2.75, 3.05) is 11.9 Å². The third kappa shape index (κ3) is 4.90. The Bertz CT molecular complexity index is 815. The summed E-state index contributed by atoms with van der Waals surface area (Å²) >= 11 is 1.40.